The maximum atomic E-state index is 12.9. The van der Waals surface area contributed by atoms with E-state index in [4.69, 9.17) is 0 Å². The number of rotatable bonds is 5. The highest BCUT2D eigenvalue weighted by molar-refractivity contribution is 7.89. The van der Waals surface area contributed by atoms with Gasteiger partial charge in [-0.1, -0.05) is 18.2 Å². The zero-order valence-electron chi connectivity index (χ0n) is 16.5. The molecule has 10 nitrogen and oxygen atoms in total. The van der Waals surface area contributed by atoms with E-state index in [0.717, 1.165) is 4.90 Å². The topological polar surface area (TPSA) is 121 Å². The van der Waals surface area contributed by atoms with Crippen molar-refractivity contribution in [2.75, 3.05) is 31.1 Å². The van der Waals surface area contributed by atoms with Crippen LogP contribution >= 0.6 is 0 Å². The van der Waals surface area contributed by atoms with Gasteiger partial charge < -0.3 is 0 Å². The molecule has 2 fully saturated rings. The summed E-state index contributed by atoms with van der Waals surface area (Å²) in [5.41, 5.74) is 0.156. The Morgan fingerprint density at radius 1 is 0.903 bits per heavy atom. The number of piperazine rings is 1. The fourth-order valence-electron chi connectivity index (χ4n) is 3.89. The van der Waals surface area contributed by atoms with Gasteiger partial charge in [-0.05, 0) is 24.3 Å². The van der Waals surface area contributed by atoms with E-state index in [1.54, 1.807) is 30.3 Å². The summed E-state index contributed by atoms with van der Waals surface area (Å²) in [7, 11) is -3.61. The Hall–Kier alpha value is -3.15. The van der Waals surface area contributed by atoms with Crippen LogP contribution in [0, 0.1) is 10.1 Å². The van der Waals surface area contributed by atoms with Gasteiger partial charge in [0.25, 0.3) is 11.6 Å². The Morgan fingerprint density at radius 3 is 2.10 bits per heavy atom. The predicted molar refractivity (Wildman–Crippen MR) is 111 cm³/mol. The number of imide groups is 1. The molecular weight excluding hydrogens is 424 g/mol. The van der Waals surface area contributed by atoms with Crippen LogP contribution in [0.4, 0.5) is 11.4 Å². The highest BCUT2D eigenvalue weighted by atomic mass is 32.2. The van der Waals surface area contributed by atoms with Gasteiger partial charge in [-0.15, -0.1) is 0 Å². The van der Waals surface area contributed by atoms with Crippen LogP contribution in [0.5, 0.6) is 0 Å². The van der Waals surface area contributed by atoms with Crippen molar-refractivity contribution in [1.82, 2.24) is 9.21 Å². The summed E-state index contributed by atoms with van der Waals surface area (Å²) in [6, 6.07) is 12.7. The Kier molecular flexibility index (Phi) is 5.56. The van der Waals surface area contributed by atoms with Gasteiger partial charge in [0.1, 0.15) is 0 Å². The number of nitro benzene ring substituents is 1. The SMILES string of the molecule is O=C1C[C@H](N2CCN(S(=O)(=O)c3ccccc3)CC2)C(=O)N1c1ccc([N+](=O)[O-])cc1. The molecule has 31 heavy (non-hydrogen) atoms. The fraction of sp³-hybridized carbons (Fsp3) is 0.300. The molecule has 2 amide bonds. The molecule has 2 saturated heterocycles. The minimum Gasteiger partial charge on any atom is -0.289 e. The third kappa shape index (κ3) is 3.94. The molecule has 2 aliphatic rings. The molecule has 2 aliphatic heterocycles. The first-order valence-corrected chi connectivity index (χ1v) is 11.1. The van der Waals surface area contributed by atoms with Crippen molar-refractivity contribution < 1.29 is 22.9 Å². The third-order valence-corrected chi connectivity index (χ3v) is 7.45. The molecule has 0 radical (unpaired) electrons. The molecule has 2 aromatic rings. The molecule has 0 spiro atoms. The number of carbonyl (C=O) groups is 2. The molecule has 0 aromatic heterocycles. The zero-order chi connectivity index (χ0) is 22.2. The van der Waals surface area contributed by atoms with Crippen LogP contribution in [-0.2, 0) is 19.6 Å². The Morgan fingerprint density at radius 2 is 1.52 bits per heavy atom. The van der Waals surface area contributed by atoms with Crippen molar-refractivity contribution in [3.63, 3.8) is 0 Å². The number of nitrogens with zero attached hydrogens (tertiary/aromatic N) is 4. The zero-order valence-corrected chi connectivity index (χ0v) is 17.3. The predicted octanol–water partition coefficient (Wildman–Crippen LogP) is 1.23. The van der Waals surface area contributed by atoms with Crippen molar-refractivity contribution in [1.29, 1.82) is 0 Å². The quantitative estimate of drug-likeness (QED) is 0.386. The van der Waals surface area contributed by atoms with Crippen molar-refractivity contribution in [3.8, 4) is 0 Å². The van der Waals surface area contributed by atoms with Gasteiger partial charge in [0, 0.05) is 38.3 Å². The number of nitro groups is 1. The van der Waals surface area contributed by atoms with Crippen molar-refractivity contribution in [2.45, 2.75) is 17.4 Å². The van der Waals surface area contributed by atoms with E-state index in [-0.39, 0.29) is 41.7 Å². The lowest BCUT2D eigenvalue weighted by Crippen LogP contribution is -2.53. The molecule has 0 bridgehead atoms. The van der Waals surface area contributed by atoms with Gasteiger partial charge in [-0.2, -0.15) is 4.31 Å². The maximum absolute atomic E-state index is 12.9. The van der Waals surface area contributed by atoms with E-state index in [1.807, 2.05) is 4.90 Å². The summed E-state index contributed by atoms with van der Waals surface area (Å²) in [5.74, 6) is -0.790. The fourth-order valence-corrected chi connectivity index (χ4v) is 5.34. The van der Waals surface area contributed by atoms with E-state index in [9.17, 15) is 28.1 Å². The van der Waals surface area contributed by atoms with Crippen LogP contribution in [0.2, 0.25) is 0 Å². The number of anilines is 1. The van der Waals surface area contributed by atoms with E-state index in [2.05, 4.69) is 0 Å². The van der Waals surface area contributed by atoms with Crippen LogP contribution in [0.1, 0.15) is 6.42 Å². The second kappa shape index (κ2) is 8.17. The number of non-ortho nitro benzene ring substituents is 1. The molecule has 0 N–H and O–H groups in total. The second-order valence-electron chi connectivity index (χ2n) is 7.31. The number of sulfonamides is 1. The second-order valence-corrected chi connectivity index (χ2v) is 9.25. The van der Waals surface area contributed by atoms with Crippen LogP contribution in [0.3, 0.4) is 0 Å². The molecule has 162 valence electrons. The first-order valence-electron chi connectivity index (χ1n) is 9.69. The van der Waals surface area contributed by atoms with Gasteiger partial charge in [0.05, 0.1) is 28.0 Å². The van der Waals surface area contributed by atoms with Crippen molar-refractivity contribution >= 4 is 33.2 Å². The monoisotopic (exact) mass is 444 g/mol. The summed E-state index contributed by atoms with van der Waals surface area (Å²) in [5, 5.41) is 10.8. The van der Waals surface area contributed by atoms with Crippen LogP contribution in [0.25, 0.3) is 0 Å². The van der Waals surface area contributed by atoms with Crippen LogP contribution in [-0.4, -0.2) is 66.6 Å². The number of benzene rings is 2. The van der Waals surface area contributed by atoms with Gasteiger partial charge in [0.2, 0.25) is 15.9 Å². The van der Waals surface area contributed by atoms with Crippen LogP contribution < -0.4 is 4.90 Å². The van der Waals surface area contributed by atoms with Gasteiger partial charge in [-0.3, -0.25) is 24.6 Å². The normalized spacial score (nSPS) is 20.9. The molecule has 11 heteroatoms. The molecule has 0 unspecified atom stereocenters. The van der Waals surface area contributed by atoms with E-state index in [0.29, 0.717) is 13.1 Å². The Bertz CT molecular complexity index is 1110. The number of hydrogen-bond acceptors (Lipinski definition) is 7. The summed E-state index contributed by atoms with van der Waals surface area (Å²) >= 11 is 0. The smallest absolute Gasteiger partial charge is 0.269 e. The highest BCUT2D eigenvalue weighted by Gasteiger charge is 2.44. The number of hydrogen-bond donors (Lipinski definition) is 0. The first-order chi connectivity index (χ1) is 14.8. The van der Waals surface area contributed by atoms with Crippen molar-refractivity contribution in [2.24, 2.45) is 0 Å². The van der Waals surface area contributed by atoms with Crippen molar-refractivity contribution in [3.05, 3.63) is 64.7 Å². The molecule has 0 aliphatic carbocycles. The minimum atomic E-state index is -3.61. The van der Waals surface area contributed by atoms with Gasteiger partial charge >= 0.3 is 0 Å². The lowest BCUT2D eigenvalue weighted by molar-refractivity contribution is -0.384. The Labute approximate surface area is 178 Å². The number of carbonyl (C=O) groups excluding carboxylic acids is 2. The average Bonchev–Trinajstić information content (AvgIpc) is 3.08. The largest absolute Gasteiger partial charge is 0.289 e. The minimum absolute atomic E-state index is 0.0126. The van der Waals surface area contributed by atoms with Gasteiger partial charge in [0.15, 0.2) is 0 Å². The third-order valence-electron chi connectivity index (χ3n) is 5.54. The van der Waals surface area contributed by atoms with E-state index >= 15 is 0 Å². The summed E-state index contributed by atoms with van der Waals surface area (Å²) in [4.78, 5) is 38.8. The summed E-state index contributed by atoms with van der Waals surface area (Å²) in [6.07, 6.45) is -0.0126. The molecule has 4 rings (SSSR count). The molecule has 2 aromatic carbocycles. The summed E-state index contributed by atoms with van der Waals surface area (Å²) in [6.45, 7) is 1.08. The van der Waals surface area contributed by atoms with E-state index < -0.39 is 26.9 Å². The lowest BCUT2D eigenvalue weighted by Gasteiger charge is -2.36. The van der Waals surface area contributed by atoms with Crippen LogP contribution in [0.15, 0.2) is 59.5 Å². The first kappa shape index (κ1) is 21.1. The molecule has 2 heterocycles. The maximum Gasteiger partial charge on any atom is 0.269 e. The van der Waals surface area contributed by atoms with E-state index in [1.165, 1.54) is 28.6 Å². The highest BCUT2D eigenvalue weighted by Crippen LogP contribution is 2.28. The standard InChI is InChI=1S/C20H20N4O6S/c25-19-14-18(20(26)23(19)15-6-8-16(9-7-15)24(27)28)21-10-12-22(13-11-21)31(29,30)17-4-2-1-3-5-17/h1-9,18H,10-14H2/t18-/m0/s1. The lowest BCUT2D eigenvalue weighted by atomic mass is 10.2. The molecular formula is C20H20N4O6S. The Balaban J connectivity index is 1.44. The molecule has 0 saturated carbocycles. The summed E-state index contributed by atoms with van der Waals surface area (Å²) < 4.78 is 26.9. The average molecular weight is 444 g/mol. The van der Waals surface area contributed by atoms with Gasteiger partial charge in [-0.25, -0.2) is 13.3 Å². The number of amides is 2. The molecule has 1 atom stereocenters.